The van der Waals surface area contributed by atoms with Crippen LogP contribution >= 0.6 is 0 Å². The Morgan fingerprint density at radius 1 is 0.818 bits per heavy atom. The van der Waals surface area contributed by atoms with Gasteiger partial charge in [-0.25, -0.2) is 4.79 Å². The van der Waals surface area contributed by atoms with Crippen LogP contribution < -0.4 is 0 Å². The van der Waals surface area contributed by atoms with Crippen molar-refractivity contribution in [2.24, 2.45) is 0 Å². The van der Waals surface area contributed by atoms with E-state index >= 15 is 0 Å². The summed E-state index contributed by atoms with van der Waals surface area (Å²) in [5.74, 6) is 0.158. The maximum atomic E-state index is 11.7. The van der Waals surface area contributed by atoms with Gasteiger partial charge in [-0.05, 0) is 25.7 Å². The van der Waals surface area contributed by atoms with Crippen LogP contribution in [0.25, 0.3) is 0 Å². The van der Waals surface area contributed by atoms with Crippen LogP contribution in [0, 0.1) is 0 Å². The third-order valence-electron chi connectivity index (χ3n) is 3.84. The third-order valence-corrected chi connectivity index (χ3v) is 3.84. The highest BCUT2D eigenvalue weighted by molar-refractivity contribution is 5.81. The molecule has 0 spiro atoms. The van der Waals surface area contributed by atoms with Crippen LogP contribution in [0.4, 0.5) is 0 Å². The molecule has 0 atom stereocenters. The molecule has 0 aliphatic rings. The van der Waals surface area contributed by atoms with Crippen LogP contribution in [-0.2, 0) is 14.3 Å². The van der Waals surface area contributed by atoms with E-state index in [1.807, 2.05) is 6.08 Å². The lowest BCUT2D eigenvalue weighted by molar-refractivity contribution is -0.134. The Kier molecular flexibility index (Phi) is 15.4. The van der Waals surface area contributed by atoms with Gasteiger partial charge < -0.3 is 4.74 Å². The van der Waals surface area contributed by atoms with Crippen molar-refractivity contribution in [2.45, 2.75) is 90.4 Å². The first kappa shape index (κ1) is 20.9. The number of allylic oxidation sites excluding steroid dienone is 1. The Balaban J connectivity index is 3.26. The van der Waals surface area contributed by atoms with E-state index in [1.54, 1.807) is 0 Å². The Bertz CT molecular complexity index is 308. The van der Waals surface area contributed by atoms with Gasteiger partial charge in [0.1, 0.15) is 5.78 Å². The van der Waals surface area contributed by atoms with Crippen molar-refractivity contribution in [1.29, 1.82) is 0 Å². The molecule has 0 aromatic rings. The number of unbranched alkanes of at least 4 members (excludes halogenated alkanes) is 9. The molecule has 0 aliphatic heterocycles. The van der Waals surface area contributed by atoms with E-state index in [0.717, 1.165) is 51.4 Å². The maximum Gasteiger partial charge on any atom is 0.330 e. The highest BCUT2D eigenvalue weighted by Gasteiger charge is 2.01. The number of rotatable bonds is 15. The molecule has 0 saturated carbocycles. The van der Waals surface area contributed by atoms with E-state index in [2.05, 4.69) is 11.7 Å². The average Bonchev–Trinajstić information content (AvgIpc) is 2.52. The fourth-order valence-electron chi connectivity index (χ4n) is 2.41. The minimum atomic E-state index is -0.284. The van der Waals surface area contributed by atoms with Crippen LogP contribution in [0.2, 0.25) is 0 Å². The number of carbonyl (C=O) groups is 2. The lowest BCUT2D eigenvalue weighted by atomic mass is 10.0. The predicted molar refractivity (Wildman–Crippen MR) is 91.9 cm³/mol. The molecule has 0 aromatic carbocycles. The van der Waals surface area contributed by atoms with Gasteiger partial charge in [0, 0.05) is 18.9 Å². The molecule has 22 heavy (non-hydrogen) atoms. The summed E-state index contributed by atoms with van der Waals surface area (Å²) in [4.78, 5) is 22.5. The van der Waals surface area contributed by atoms with Gasteiger partial charge in [0.15, 0.2) is 0 Å². The summed E-state index contributed by atoms with van der Waals surface area (Å²) in [6.07, 6.45) is 17.5. The molecule has 0 fully saturated rings. The molecule has 3 nitrogen and oxygen atoms in total. The van der Waals surface area contributed by atoms with Crippen LogP contribution in [0.3, 0.4) is 0 Å². The number of ketones is 1. The van der Waals surface area contributed by atoms with Crippen molar-refractivity contribution in [3.8, 4) is 0 Å². The first-order chi connectivity index (χ1) is 10.7. The fourth-order valence-corrected chi connectivity index (χ4v) is 2.41. The standard InChI is InChI=1S/C19H34O3/c1-3-4-5-9-12-15-18(20)16-13-10-7-6-8-11-14-17-19(21)22-2/h14,17H,3-13,15-16H2,1-2H3. The third kappa shape index (κ3) is 15.3. The van der Waals surface area contributed by atoms with Crippen LogP contribution in [0.15, 0.2) is 12.2 Å². The normalized spacial score (nSPS) is 11.0. The second-order valence-corrected chi connectivity index (χ2v) is 5.93. The SMILES string of the molecule is CCCCCCCC(=O)CCCCCCCC=CC(=O)OC. The summed E-state index contributed by atoms with van der Waals surface area (Å²) in [6, 6.07) is 0. The fraction of sp³-hybridized carbons (Fsp3) is 0.789. The Hall–Kier alpha value is -1.12. The van der Waals surface area contributed by atoms with Gasteiger partial charge >= 0.3 is 5.97 Å². The molecule has 0 heterocycles. The molecular weight excluding hydrogens is 276 g/mol. The van der Waals surface area contributed by atoms with E-state index in [1.165, 1.54) is 45.3 Å². The van der Waals surface area contributed by atoms with Crippen LogP contribution in [-0.4, -0.2) is 18.9 Å². The summed E-state index contributed by atoms with van der Waals surface area (Å²) >= 11 is 0. The zero-order valence-electron chi connectivity index (χ0n) is 14.6. The average molecular weight is 310 g/mol. The van der Waals surface area contributed by atoms with E-state index in [4.69, 9.17) is 0 Å². The Morgan fingerprint density at radius 2 is 1.36 bits per heavy atom. The second kappa shape index (κ2) is 16.3. The highest BCUT2D eigenvalue weighted by atomic mass is 16.5. The quantitative estimate of drug-likeness (QED) is 0.232. The monoisotopic (exact) mass is 310 g/mol. The van der Waals surface area contributed by atoms with E-state index in [0.29, 0.717) is 5.78 Å². The molecule has 0 radical (unpaired) electrons. The van der Waals surface area contributed by atoms with E-state index in [-0.39, 0.29) is 5.97 Å². The molecule has 0 amide bonds. The van der Waals surface area contributed by atoms with Gasteiger partial charge in [0.05, 0.1) is 7.11 Å². The summed E-state index contributed by atoms with van der Waals surface area (Å²) in [7, 11) is 1.39. The van der Waals surface area contributed by atoms with Crippen molar-refractivity contribution < 1.29 is 14.3 Å². The number of ether oxygens (including phenoxy) is 1. The number of esters is 1. The maximum absolute atomic E-state index is 11.7. The number of hydrogen-bond donors (Lipinski definition) is 0. The van der Waals surface area contributed by atoms with Gasteiger partial charge in [-0.2, -0.15) is 0 Å². The lowest BCUT2D eigenvalue weighted by Crippen LogP contribution is -1.97. The zero-order chi connectivity index (χ0) is 16.5. The first-order valence-corrected chi connectivity index (χ1v) is 8.97. The summed E-state index contributed by atoms with van der Waals surface area (Å²) in [6.45, 7) is 2.21. The molecular formula is C19H34O3. The molecule has 0 aromatic heterocycles. The van der Waals surface area contributed by atoms with Crippen molar-refractivity contribution in [3.05, 3.63) is 12.2 Å². The van der Waals surface area contributed by atoms with Crippen LogP contribution in [0.5, 0.6) is 0 Å². The number of hydrogen-bond acceptors (Lipinski definition) is 3. The molecule has 0 N–H and O–H groups in total. The molecule has 0 saturated heterocycles. The Morgan fingerprint density at radius 3 is 1.95 bits per heavy atom. The summed E-state index contributed by atoms with van der Waals surface area (Å²) in [5.41, 5.74) is 0. The smallest absolute Gasteiger partial charge is 0.330 e. The van der Waals surface area contributed by atoms with Gasteiger partial charge in [-0.3, -0.25) is 4.79 Å². The van der Waals surface area contributed by atoms with Crippen molar-refractivity contribution in [1.82, 2.24) is 0 Å². The molecule has 0 rings (SSSR count). The molecule has 0 bridgehead atoms. The van der Waals surface area contributed by atoms with Gasteiger partial charge in [0.2, 0.25) is 0 Å². The van der Waals surface area contributed by atoms with Gasteiger partial charge in [0.25, 0.3) is 0 Å². The lowest BCUT2D eigenvalue weighted by Gasteiger charge is -2.02. The first-order valence-electron chi connectivity index (χ1n) is 8.97. The summed E-state index contributed by atoms with van der Waals surface area (Å²) < 4.78 is 4.52. The van der Waals surface area contributed by atoms with Crippen molar-refractivity contribution >= 4 is 11.8 Å². The largest absolute Gasteiger partial charge is 0.466 e. The molecule has 128 valence electrons. The summed E-state index contributed by atoms with van der Waals surface area (Å²) in [5, 5.41) is 0. The van der Waals surface area contributed by atoms with Crippen LogP contribution in [0.1, 0.15) is 90.4 Å². The van der Waals surface area contributed by atoms with Crippen molar-refractivity contribution in [2.75, 3.05) is 7.11 Å². The predicted octanol–water partition coefficient (Wildman–Crippen LogP) is 5.38. The second-order valence-electron chi connectivity index (χ2n) is 5.93. The highest BCUT2D eigenvalue weighted by Crippen LogP contribution is 2.11. The van der Waals surface area contributed by atoms with E-state index < -0.39 is 0 Å². The van der Waals surface area contributed by atoms with E-state index in [9.17, 15) is 9.59 Å². The zero-order valence-corrected chi connectivity index (χ0v) is 14.6. The Labute approximate surface area is 136 Å². The number of methoxy groups -OCH3 is 1. The number of carbonyl (C=O) groups excluding carboxylic acids is 2. The van der Waals surface area contributed by atoms with Gasteiger partial charge in [-0.15, -0.1) is 0 Å². The molecule has 0 aliphatic carbocycles. The van der Waals surface area contributed by atoms with Crippen molar-refractivity contribution in [3.63, 3.8) is 0 Å². The molecule has 3 heteroatoms. The van der Waals surface area contributed by atoms with Gasteiger partial charge in [-0.1, -0.05) is 57.9 Å². The molecule has 0 unspecified atom stereocenters. The number of Topliss-reactive ketones (excluding diaryl/α,β-unsaturated/α-hetero) is 1. The minimum absolute atomic E-state index is 0.284. The minimum Gasteiger partial charge on any atom is -0.466 e. The topological polar surface area (TPSA) is 43.4 Å².